The minimum atomic E-state index is -0.853. The highest BCUT2D eigenvalue weighted by Gasteiger charge is 2.23. The van der Waals surface area contributed by atoms with Crippen LogP contribution in [0, 0.1) is 0 Å². The lowest BCUT2D eigenvalue weighted by atomic mass is 10.2. The molecule has 0 bridgehead atoms. The Hall–Kier alpha value is -3.13. The number of carbonyl (C=O) groups is 2. The normalized spacial score (nSPS) is 14.6. The number of hydrogen-bond donors (Lipinski definition) is 1. The molecule has 1 N–H and O–H groups in total. The average Bonchev–Trinajstić information content (AvgIpc) is 2.68. The van der Waals surface area contributed by atoms with Crippen LogP contribution in [-0.2, 0) is 4.79 Å². The highest BCUT2D eigenvalue weighted by molar-refractivity contribution is 5.94. The Balaban J connectivity index is 1.65. The maximum Gasteiger partial charge on any atom is 0.317 e. The minimum absolute atomic E-state index is 0.00128. The second-order valence-corrected chi connectivity index (χ2v) is 6.84. The number of pyridine rings is 1. The maximum atomic E-state index is 12.8. The summed E-state index contributed by atoms with van der Waals surface area (Å²) < 4.78 is 5.83. The van der Waals surface area contributed by atoms with Crippen LogP contribution in [-0.4, -0.2) is 78.6 Å². The standard InChI is InChI=1S/C20H24N4O4/c1-22(2)16-4-3-5-17(13-16)28-18-12-15(6-7-21-18)20(27)24-10-8-23(9-11-24)14-19(25)26/h3-7,12-13H,8-11,14H2,1-2H3,(H,25,26). The van der Waals surface area contributed by atoms with Crippen LogP contribution < -0.4 is 9.64 Å². The van der Waals surface area contributed by atoms with Gasteiger partial charge in [-0.2, -0.15) is 0 Å². The third-order valence-corrected chi connectivity index (χ3v) is 4.56. The highest BCUT2D eigenvalue weighted by Crippen LogP contribution is 2.24. The van der Waals surface area contributed by atoms with Gasteiger partial charge in [-0.15, -0.1) is 0 Å². The van der Waals surface area contributed by atoms with Crippen molar-refractivity contribution >= 4 is 17.6 Å². The molecule has 1 aromatic carbocycles. The van der Waals surface area contributed by atoms with E-state index in [1.54, 1.807) is 23.2 Å². The summed E-state index contributed by atoms with van der Waals surface area (Å²) in [5, 5.41) is 8.87. The Morgan fingerprint density at radius 1 is 1.14 bits per heavy atom. The van der Waals surface area contributed by atoms with Gasteiger partial charge in [-0.25, -0.2) is 4.98 Å². The molecule has 0 unspecified atom stereocenters. The Labute approximate surface area is 163 Å². The number of amides is 1. The van der Waals surface area contributed by atoms with E-state index >= 15 is 0 Å². The number of hydrogen-bond acceptors (Lipinski definition) is 6. The first-order valence-electron chi connectivity index (χ1n) is 9.07. The van der Waals surface area contributed by atoms with Crippen LogP contribution >= 0.6 is 0 Å². The topological polar surface area (TPSA) is 86.2 Å². The van der Waals surface area contributed by atoms with Gasteiger partial charge in [-0.3, -0.25) is 14.5 Å². The largest absolute Gasteiger partial charge is 0.480 e. The van der Waals surface area contributed by atoms with E-state index in [1.807, 2.05) is 48.2 Å². The first-order valence-corrected chi connectivity index (χ1v) is 9.07. The molecule has 28 heavy (non-hydrogen) atoms. The van der Waals surface area contributed by atoms with Gasteiger partial charge in [-0.1, -0.05) is 6.07 Å². The van der Waals surface area contributed by atoms with Crippen molar-refractivity contribution in [2.24, 2.45) is 0 Å². The van der Waals surface area contributed by atoms with Crippen LogP contribution in [0.4, 0.5) is 5.69 Å². The van der Waals surface area contributed by atoms with E-state index in [9.17, 15) is 9.59 Å². The van der Waals surface area contributed by atoms with Crippen LogP contribution in [0.5, 0.6) is 11.6 Å². The van der Waals surface area contributed by atoms with Crippen LogP contribution in [0.3, 0.4) is 0 Å². The second-order valence-electron chi connectivity index (χ2n) is 6.84. The van der Waals surface area contributed by atoms with Crippen LogP contribution in [0.15, 0.2) is 42.6 Å². The van der Waals surface area contributed by atoms with Crippen molar-refractivity contribution < 1.29 is 19.4 Å². The number of rotatable bonds is 6. The number of aliphatic carboxylic acids is 1. The molecule has 1 fully saturated rings. The fourth-order valence-electron chi connectivity index (χ4n) is 3.03. The van der Waals surface area contributed by atoms with Crippen molar-refractivity contribution in [3.63, 3.8) is 0 Å². The van der Waals surface area contributed by atoms with Crippen molar-refractivity contribution in [1.29, 1.82) is 0 Å². The van der Waals surface area contributed by atoms with E-state index in [1.165, 1.54) is 0 Å². The molecule has 1 aliphatic heterocycles. The number of nitrogens with zero attached hydrogens (tertiary/aromatic N) is 4. The number of ether oxygens (including phenoxy) is 1. The lowest BCUT2D eigenvalue weighted by Gasteiger charge is -2.33. The molecule has 1 aromatic heterocycles. The molecule has 8 heteroatoms. The van der Waals surface area contributed by atoms with Gasteiger partial charge in [0.1, 0.15) is 5.75 Å². The lowest BCUT2D eigenvalue weighted by molar-refractivity contribution is -0.138. The van der Waals surface area contributed by atoms with Gasteiger partial charge >= 0.3 is 5.97 Å². The molecule has 2 aromatic rings. The van der Waals surface area contributed by atoms with Gasteiger partial charge < -0.3 is 19.6 Å². The van der Waals surface area contributed by atoms with E-state index in [-0.39, 0.29) is 12.5 Å². The van der Waals surface area contributed by atoms with Crippen LogP contribution in [0.25, 0.3) is 0 Å². The van der Waals surface area contributed by atoms with Crippen molar-refractivity contribution in [3.05, 3.63) is 48.2 Å². The number of carboxylic acids is 1. The number of benzene rings is 1. The summed E-state index contributed by atoms with van der Waals surface area (Å²) in [7, 11) is 3.90. The van der Waals surface area contributed by atoms with E-state index in [4.69, 9.17) is 9.84 Å². The fourth-order valence-corrected chi connectivity index (χ4v) is 3.03. The van der Waals surface area contributed by atoms with Gasteiger partial charge in [-0.05, 0) is 18.2 Å². The van der Waals surface area contributed by atoms with Crippen LogP contribution in [0.2, 0.25) is 0 Å². The van der Waals surface area contributed by atoms with Crippen molar-refractivity contribution in [2.75, 3.05) is 51.7 Å². The third-order valence-electron chi connectivity index (χ3n) is 4.56. The molecule has 148 valence electrons. The summed E-state index contributed by atoms with van der Waals surface area (Å²) in [6, 6.07) is 10.9. The molecule has 2 heterocycles. The molecule has 1 amide bonds. The average molecular weight is 384 g/mol. The highest BCUT2D eigenvalue weighted by atomic mass is 16.5. The summed E-state index contributed by atoms with van der Waals surface area (Å²) in [5.41, 5.74) is 1.50. The predicted octanol–water partition coefficient (Wildman–Crippen LogP) is 1.78. The molecule has 1 saturated heterocycles. The van der Waals surface area contributed by atoms with Gasteiger partial charge in [0.05, 0.1) is 6.54 Å². The molecule has 1 aliphatic rings. The summed E-state index contributed by atoms with van der Waals surface area (Å²) in [5.74, 6) is 0.0372. The Bertz CT molecular complexity index is 848. The van der Waals surface area contributed by atoms with Gasteiger partial charge in [0.25, 0.3) is 5.91 Å². The minimum Gasteiger partial charge on any atom is -0.480 e. The molecule has 0 saturated carbocycles. The summed E-state index contributed by atoms with van der Waals surface area (Å²) in [6.07, 6.45) is 1.55. The van der Waals surface area contributed by atoms with E-state index < -0.39 is 5.97 Å². The van der Waals surface area contributed by atoms with Crippen LogP contribution in [0.1, 0.15) is 10.4 Å². The smallest absolute Gasteiger partial charge is 0.317 e. The van der Waals surface area contributed by atoms with E-state index in [0.29, 0.717) is 43.4 Å². The SMILES string of the molecule is CN(C)c1cccc(Oc2cc(C(=O)N3CCN(CC(=O)O)CC3)ccn2)c1. The molecule has 0 radical (unpaired) electrons. The first kappa shape index (κ1) is 19.6. The van der Waals surface area contributed by atoms with Gasteiger partial charge in [0.15, 0.2) is 0 Å². The zero-order valence-electron chi connectivity index (χ0n) is 16.0. The number of carboxylic acid groups (broad SMARTS) is 1. The molecule has 8 nitrogen and oxygen atoms in total. The quantitative estimate of drug-likeness (QED) is 0.812. The molecule has 0 spiro atoms. The Morgan fingerprint density at radius 2 is 1.89 bits per heavy atom. The van der Waals surface area contributed by atoms with E-state index in [2.05, 4.69) is 4.98 Å². The monoisotopic (exact) mass is 384 g/mol. The van der Waals surface area contributed by atoms with Crippen molar-refractivity contribution in [2.45, 2.75) is 0 Å². The van der Waals surface area contributed by atoms with Crippen molar-refractivity contribution in [3.8, 4) is 11.6 Å². The summed E-state index contributed by atoms with van der Waals surface area (Å²) >= 11 is 0. The molecular formula is C20H24N4O4. The number of carbonyl (C=O) groups excluding carboxylic acids is 1. The second kappa shape index (κ2) is 8.71. The zero-order valence-corrected chi connectivity index (χ0v) is 16.0. The molecule has 0 aliphatic carbocycles. The van der Waals surface area contributed by atoms with E-state index in [0.717, 1.165) is 5.69 Å². The number of piperazine rings is 1. The summed E-state index contributed by atoms with van der Waals surface area (Å²) in [4.78, 5) is 33.3. The maximum absolute atomic E-state index is 12.8. The molecule has 0 atom stereocenters. The number of anilines is 1. The molecular weight excluding hydrogens is 360 g/mol. The predicted molar refractivity (Wildman–Crippen MR) is 105 cm³/mol. The zero-order chi connectivity index (χ0) is 20.1. The number of aromatic nitrogens is 1. The Kier molecular flexibility index (Phi) is 6.10. The van der Waals surface area contributed by atoms with Gasteiger partial charge in [0.2, 0.25) is 5.88 Å². The fraction of sp³-hybridized carbons (Fsp3) is 0.350. The first-order chi connectivity index (χ1) is 13.4. The molecule has 3 rings (SSSR count). The lowest BCUT2D eigenvalue weighted by Crippen LogP contribution is -2.49. The Morgan fingerprint density at radius 3 is 2.57 bits per heavy atom. The summed E-state index contributed by atoms with van der Waals surface area (Å²) in [6.45, 7) is 2.08. The van der Waals surface area contributed by atoms with Gasteiger partial charge in [0, 0.05) is 69.9 Å². The van der Waals surface area contributed by atoms with Crippen molar-refractivity contribution in [1.82, 2.24) is 14.8 Å². The third kappa shape index (κ3) is 4.98.